The van der Waals surface area contributed by atoms with Crippen LogP contribution >= 0.6 is 0 Å². The molecule has 0 spiro atoms. The number of rotatable bonds is 4. The van der Waals surface area contributed by atoms with Gasteiger partial charge in [0.25, 0.3) is 0 Å². The first kappa shape index (κ1) is 13.0. The molecule has 21 heavy (non-hydrogen) atoms. The second-order valence-corrected chi connectivity index (χ2v) is 4.13. The van der Waals surface area contributed by atoms with Crippen LogP contribution in [0, 0.1) is 0 Å². The third-order valence-electron chi connectivity index (χ3n) is 2.79. The molecule has 0 amide bonds. The second-order valence-electron chi connectivity index (χ2n) is 4.13. The number of nitrogens with zero attached hydrogens (tertiary/aromatic N) is 2. The molecular weight excluding hydrogens is 272 g/mol. The summed E-state index contributed by atoms with van der Waals surface area (Å²) in [5.41, 5.74) is 0.483. The van der Waals surface area contributed by atoms with Crippen molar-refractivity contribution in [3.63, 3.8) is 0 Å². The standard InChI is InChI=1S/C15H12N2O4/c1-19-13-10-6-5-9-12(13)17-15(18)21-14(16-17)20-11-7-3-2-4-8-11/h2-10H,1H3. The van der Waals surface area contributed by atoms with Crippen LogP contribution in [-0.2, 0) is 0 Å². The van der Waals surface area contributed by atoms with E-state index in [-0.39, 0.29) is 6.08 Å². The maximum atomic E-state index is 11.9. The molecule has 3 aromatic rings. The predicted octanol–water partition coefficient (Wildman–Crippen LogP) is 2.63. The van der Waals surface area contributed by atoms with Gasteiger partial charge in [-0.25, -0.2) is 4.79 Å². The van der Waals surface area contributed by atoms with Gasteiger partial charge >= 0.3 is 11.8 Å². The summed E-state index contributed by atoms with van der Waals surface area (Å²) in [5.74, 6) is 0.399. The minimum absolute atomic E-state index is 0.128. The van der Waals surface area contributed by atoms with Crippen LogP contribution in [-0.4, -0.2) is 16.9 Å². The van der Waals surface area contributed by atoms with Gasteiger partial charge in [-0.05, 0) is 24.3 Å². The van der Waals surface area contributed by atoms with E-state index in [1.165, 1.54) is 7.11 Å². The molecule has 0 unspecified atom stereocenters. The largest absolute Gasteiger partial charge is 0.494 e. The maximum absolute atomic E-state index is 11.9. The summed E-state index contributed by atoms with van der Waals surface area (Å²) >= 11 is 0. The lowest BCUT2D eigenvalue weighted by atomic mass is 10.3. The predicted molar refractivity (Wildman–Crippen MR) is 75.2 cm³/mol. The van der Waals surface area contributed by atoms with Crippen LogP contribution in [0.25, 0.3) is 5.69 Å². The molecule has 0 aliphatic carbocycles. The molecule has 0 fully saturated rings. The lowest BCUT2D eigenvalue weighted by Crippen LogP contribution is -2.14. The minimum Gasteiger partial charge on any atom is -0.494 e. The molecule has 1 heterocycles. The molecule has 0 radical (unpaired) electrons. The van der Waals surface area contributed by atoms with E-state index in [1.807, 2.05) is 18.2 Å². The fourth-order valence-electron chi connectivity index (χ4n) is 1.85. The summed E-state index contributed by atoms with van der Waals surface area (Å²) in [7, 11) is 1.52. The molecule has 2 aromatic carbocycles. The molecule has 6 heteroatoms. The van der Waals surface area contributed by atoms with Crippen LogP contribution in [0.1, 0.15) is 0 Å². The van der Waals surface area contributed by atoms with Gasteiger partial charge in [-0.15, -0.1) is 0 Å². The zero-order valence-electron chi connectivity index (χ0n) is 11.2. The number of benzene rings is 2. The Kier molecular flexibility index (Phi) is 3.42. The lowest BCUT2D eigenvalue weighted by Gasteiger charge is -2.05. The van der Waals surface area contributed by atoms with Crippen molar-refractivity contribution in [2.45, 2.75) is 0 Å². The summed E-state index contributed by atoms with van der Waals surface area (Å²) in [5, 5.41) is 4.02. The fourth-order valence-corrected chi connectivity index (χ4v) is 1.85. The van der Waals surface area contributed by atoms with Crippen molar-refractivity contribution in [3.05, 3.63) is 65.1 Å². The smallest absolute Gasteiger partial charge is 0.444 e. The van der Waals surface area contributed by atoms with Crippen LogP contribution in [0.5, 0.6) is 17.6 Å². The molecule has 0 aliphatic heterocycles. The highest BCUT2D eigenvalue weighted by Crippen LogP contribution is 2.22. The van der Waals surface area contributed by atoms with Gasteiger partial charge in [0.15, 0.2) is 0 Å². The molecule has 0 aliphatic rings. The van der Waals surface area contributed by atoms with E-state index in [0.717, 1.165) is 4.68 Å². The van der Waals surface area contributed by atoms with Crippen LogP contribution in [0.15, 0.2) is 63.8 Å². The maximum Gasteiger partial charge on any atom is 0.444 e. The first-order valence-corrected chi connectivity index (χ1v) is 6.24. The Morgan fingerprint density at radius 2 is 1.76 bits per heavy atom. The van der Waals surface area contributed by atoms with E-state index in [9.17, 15) is 4.79 Å². The first-order chi connectivity index (χ1) is 10.3. The Hall–Kier alpha value is -3.02. The molecule has 0 N–H and O–H groups in total. The minimum atomic E-state index is -0.648. The Morgan fingerprint density at radius 1 is 1.05 bits per heavy atom. The highest BCUT2D eigenvalue weighted by Gasteiger charge is 2.14. The Bertz CT molecular complexity index is 793. The normalized spacial score (nSPS) is 10.3. The van der Waals surface area contributed by atoms with E-state index >= 15 is 0 Å². The number of ether oxygens (including phenoxy) is 2. The highest BCUT2D eigenvalue weighted by atomic mass is 16.6. The quantitative estimate of drug-likeness (QED) is 0.736. The average Bonchev–Trinajstić information content (AvgIpc) is 2.88. The van der Waals surface area contributed by atoms with E-state index in [1.54, 1.807) is 36.4 Å². The van der Waals surface area contributed by atoms with Crippen molar-refractivity contribution in [3.8, 4) is 23.3 Å². The highest BCUT2D eigenvalue weighted by molar-refractivity contribution is 5.45. The van der Waals surface area contributed by atoms with Gasteiger partial charge in [0, 0.05) is 0 Å². The summed E-state index contributed by atoms with van der Waals surface area (Å²) in [4.78, 5) is 11.9. The number of methoxy groups -OCH3 is 1. The van der Waals surface area contributed by atoms with Gasteiger partial charge in [-0.3, -0.25) is 0 Å². The summed E-state index contributed by atoms with van der Waals surface area (Å²) in [6.07, 6.45) is -0.128. The van der Waals surface area contributed by atoms with Crippen molar-refractivity contribution in [1.82, 2.24) is 9.78 Å². The average molecular weight is 284 g/mol. The van der Waals surface area contributed by atoms with Crippen LogP contribution in [0.4, 0.5) is 0 Å². The third-order valence-corrected chi connectivity index (χ3v) is 2.79. The molecule has 0 bridgehead atoms. The first-order valence-electron chi connectivity index (χ1n) is 6.24. The van der Waals surface area contributed by atoms with E-state index in [0.29, 0.717) is 17.2 Å². The van der Waals surface area contributed by atoms with Gasteiger partial charge in [-0.1, -0.05) is 35.4 Å². The molecule has 0 atom stereocenters. The zero-order valence-corrected chi connectivity index (χ0v) is 11.2. The molecule has 6 nitrogen and oxygen atoms in total. The third kappa shape index (κ3) is 2.64. The van der Waals surface area contributed by atoms with Gasteiger partial charge in [0.1, 0.15) is 17.2 Å². The van der Waals surface area contributed by atoms with Gasteiger partial charge in [-0.2, -0.15) is 4.68 Å². The number of hydrogen-bond acceptors (Lipinski definition) is 5. The van der Waals surface area contributed by atoms with E-state index in [4.69, 9.17) is 13.9 Å². The summed E-state index contributed by atoms with van der Waals surface area (Å²) in [6, 6.07) is 16.0. The fraction of sp³-hybridized carbons (Fsp3) is 0.0667. The van der Waals surface area contributed by atoms with Crippen molar-refractivity contribution in [2.24, 2.45) is 0 Å². The van der Waals surface area contributed by atoms with Gasteiger partial charge < -0.3 is 13.9 Å². The van der Waals surface area contributed by atoms with Crippen LogP contribution in [0.2, 0.25) is 0 Å². The molecule has 106 valence electrons. The monoisotopic (exact) mass is 284 g/mol. The van der Waals surface area contributed by atoms with Crippen molar-refractivity contribution in [1.29, 1.82) is 0 Å². The molecule has 0 saturated heterocycles. The van der Waals surface area contributed by atoms with Crippen molar-refractivity contribution in [2.75, 3.05) is 7.11 Å². The summed E-state index contributed by atoms with van der Waals surface area (Å²) < 4.78 is 16.7. The summed E-state index contributed by atoms with van der Waals surface area (Å²) in [6.45, 7) is 0. The number of hydrogen-bond donors (Lipinski definition) is 0. The second kappa shape index (κ2) is 5.54. The molecule has 1 aromatic heterocycles. The van der Waals surface area contributed by atoms with E-state index < -0.39 is 5.76 Å². The number of aromatic nitrogens is 2. The Labute approximate surface area is 120 Å². The zero-order chi connectivity index (χ0) is 14.7. The molecule has 3 rings (SSSR count). The molecular formula is C15H12N2O4. The van der Waals surface area contributed by atoms with Gasteiger partial charge in [0.05, 0.1) is 7.11 Å². The SMILES string of the molecule is COc1ccccc1-n1nc(Oc2ccccc2)oc1=O. The lowest BCUT2D eigenvalue weighted by molar-refractivity contribution is 0.320. The Balaban J connectivity index is 1.97. The van der Waals surface area contributed by atoms with Crippen LogP contribution < -0.4 is 15.2 Å². The van der Waals surface area contributed by atoms with Gasteiger partial charge in [0.2, 0.25) is 0 Å². The Morgan fingerprint density at radius 3 is 2.52 bits per heavy atom. The van der Waals surface area contributed by atoms with Crippen molar-refractivity contribution < 1.29 is 13.9 Å². The van der Waals surface area contributed by atoms with Crippen molar-refractivity contribution >= 4 is 0 Å². The topological polar surface area (TPSA) is 66.5 Å². The molecule has 0 saturated carbocycles. The number of para-hydroxylation sites is 3. The van der Waals surface area contributed by atoms with Crippen LogP contribution in [0.3, 0.4) is 0 Å². The van der Waals surface area contributed by atoms with E-state index in [2.05, 4.69) is 5.10 Å².